The van der Waals surface area contributed by atoms with Crippen molar-refractivity contribution in [1.82, 2.24) is 0 Å². The lowest BCUT2D eigenvalue weighted by molar-refractivity contribution is -0.139. The first-order valence-corrected chi connectivity index (χ1v) is 8.04. The number of carbonyl (C=O) groups is 3. The van der Waals surface area contributed by atoms with Gasteiger partial charge in [0, 0.05) is 17.9 Å². The lowest BCUT2D eigenvalue weighted by Crippen LogP contribution is -2.19. The van der Waals surface area contributed by atoms with Gasteiger partial charge < -0.3 is 24.8 Å². The molecule has 0 spiro atoms. The third kappa shape index (κ3) is 5.75. The second-order valence-electron chi connectivity index (χ2n) is 5.36. The van der Waals surface area contributed by atoms with Crippen LogP contribution in [0, 0.1) is 0 Å². The van der Waals surface area contributed by atoms with Crippen LogP contribution in [0.4, 0.5) is 0 Å². The fourth-order valence-electron chi connectivity index (χ4n) is 2.05. The number of benzene rings is 1. The molecule has 1 unspecified atom stereocenters. The molecule has 0 amide bonds. The van der Waals surface area contributed by atoms with E-state index in [1.807, 2.05) is 0 Å². The van der Waals surface area contributed by atoms with E-state index in [2.05, 4.69) is 6.58 Å². The molecule has 0 bridgehead atoms. The third-order valence-electron chi connectivity index (χ3n) is 3.23. The van der Waals surface area contributed by atoms with Crippen molar-refractivity contribution in [2.75, 3.05) is 19.1 Å². The van der Waals surface area contributed by atoms with Crippen molar-refractivity contribution in [2.45, 2.75) is 19.4 Å². The number of hydrogen-bond acceptors (Lipinski definition) is 6. The van der Waals surface area contributed by atoms with Crippen molar-refractivity contribution in [2.24, 2.45) is 0 Å². The Kier molecular flexibility index (Phi) is 8.08. The number of rotatable bonds is 10. The van der Waals surface area contributed by atoms with E-state index < -0.39 is 35.1 Å². The van der Waals surface area contributed by atoms with Gasteiger partial charge in [0.1, 0.15) is 24.5 Å². The molecule has 26 heavy (non-hydrogen) atoms. The molecule has 1 rings (SSSR count). The highest BCUT2D eigenvalue weighted by molar-refractivity contribution is 6.18. The number of aliphatic hydroxyl groups excluding tert-OH is 1. The van der Waals surface area contributed by atoms with E-state index in [1.165, 1.54) is 13.0 Å². The molecule has 0 fully saturated rings. The number of halogens is 1. The lowest BCUT2D eigenvalue weighted by Gasteiger charge is -2.17. The first-order chi connectivity index (χ1) is 12.2. The first-order valence-electron chi connectivity index (χ1n) is 7.50. The van der Waals surface area contributed by atoms with Crippen LogP contribution in [0.25, 0.3) is 0 Å². The summed E-state index contributed by atoms with van der Waals surface area (Å²) >= 11 is 5.56. The van der Waals surface area contributed by atoms with Gasteiger partial charge in [0.15, 0.2) is 0 Å². The lowest BCUT2D eigenvalue weighted by atomic mass is 9.98. The van der Waals surface area contributed by atoms with Crippen molar-refractivity contribution in [1.29, 1.82) is 0 Å². The predicted molar refractivity (Wildman–Crippen MR) is 92.1 cm³/mol. The Balaban J connectivity index is 3.14. The van der Waals surface area contributed by atoms with Gasteiger partial charge in [-0.25, -0.2) is 14.4 Å². The molecule has 0 heterocycles. The normalized spacial score (nSPS) is 11.5. The maximum Gasteiger partial charge on any atom is 0.340 e. The van der Waals surface area contributed by atoms with Crippen molar-refractivity contribution >= 4 is 29.5 Å². The van der Waals surface area contributed by atoms with Crippen molar-refractivity contribution in [3.05, 3.63) is 41.0 Å². The van der Waals surface area contributed by atoms with Crippen LogP contribution in [0.2, 0.25) is 0 Å². The molecule has 0 aliphatic carbocycles. The average Bonchev–Trinajstić information content (AvgIpc) is 2.58. The van der Waals surface area contributed by atoms with E-state index in [0.29, 0.717) is 0 Å². The molecule has 0 saturated heterocycles. The number of carboxylic acid groups (broad SMARTS) is 2. The number of alkyl halides is 1. The maximum atomic E-state index is 11.6. The highest BCUT2D eigenvalue weighted by atomic mass is 35.5. The van der Waals surface area contributed by atoms with E-state index in [1.54, 1.807) is 0 Å². The van der Waals surface area contributed by atoms with Gasteiger partial charge in [-0.2, -0.15) is 0 Å². The minimum absolute atomic E-state index is 0.0371. The van der Waals surface area contributed by atoms with Gasteiger partial charge in [-0.1, -0.05) is 12.6 Å². The summed E-state index contributed by atoms with van der Waals surface area (Å²) in [6.07, 6.45) is -1.01. The predicted octanol–water partition coefficient (Wildman–Crippen LogP) is 1.72. The van der Waals surface area contributed by atoms with Gasteiger partial charge in [-0.05, 0) is 18.6 Å². The quantitative estimate of drug-likeness (QED) is 0.240. The Morgan fingerprint density at radius 2 is 1.85 bits per heavy atom. The summed E-state index contributed by atoms with van der Waals surface area (Å²) in [4.78, 5) is 34.2. The standard InChI is InChI=1S/C17H19ClO8/c1-9(2)17(24)26-6-5-25-14-10(7-11(19)8-18)3-4-12(15(20)21)13(14)16(22)23/h3-4,11,19H,1,5-8H2,2H3,(H,20,21)(H,22,23). The van der Waals surface area contributed by atoms with Crippen LogP contribution in [-0.2, 0) is 16.0 Å². The van der Waals surface area contributed by atoms with E-state index in [9.17, 15) is 29.7 Å². The zero-order valence-electron chi connectivity index (χ0n) is 14.0. The molecule has 1 atom stereocenters. The Hall–Kier alpha value is -2.58. The number of hydrogen-bond donors (Lipinski definition) is 3. The molecule has 1 aromatic carbocycles. The summed E-state index contributed by atoms with van der Waals surface area (Å²) in [6, 6.07) is 2.47. The van der Waals surface area contributed by atoms with E-state index in [-0.39, 0.29) is 42.4 Å². The van der Waals surface area contributed by atoms with E-state index in [0.717, 1.165) is 6.07 Å². The van der Waals surface area contributed by atoms with Crippen molar-refractivity contribution in [3.63, 3.8) is 0 Å². The van der Waals surface area contributed by atoms with E-state index >= 15 is 0 Å². The van der Waals surface area contributed by atoms with Crippen LogP contribution in [0.1, 0.15) is 33.2 Å². The highest BCUT2D eigenvalue weighted by Gasteiger charge is 2.25. The fourth-order valence-corrected chi connectivity index (χ4v) is 2.16. The number of esters is 1. The molecule has 0 aliphatic rings. The summed E-state index contributed by atoms with van der Waals surface area (Å²) in [5, 5.41) is 28.3. The average molecular weight is 387 g/mol. The zero-order valence-corrected chi connectivity index (χ0v) is 14.8. The first kappa shape index (κ1) is 21.5. The van der Waals surface area contributed by atoms with Gasteiger partial charge in [-0.3, -0.25) is 0 Å². The molecular formula is C17H19ClO8. The third-order valence-corrected chi connectivity index (χ3v) is 3.58. The minimum atomic E-state index is -1.50. The molecule has 1 aromatic rings. The minimum Gasteiger partial charge on any atom is -0.489 e. The van der Waals surface area contributed by atoms with Crippen LogP contribution in [-0.4, -0.2) is 58.4 Å². The monoisotopic (exact) mass is 386 g/mol. The summed E-state index contributed by atoms with van der Waals surface area (Å²) in [7, 11) is 0. The zero-order chi connectivity index (χ0) is 19.9. The number of aliphatic hydroxyl groups is 1. The number of ether oxygens (including phenoxy) is 2. The molecule has 0 radical (unpaired) electrons. The van der Waals surface area contributed by atoms with Gasteiger partial charge in [0.25, 0.3) is 0 Å². The second-order valence-corrected chi connectivity index (χ2v) is 5.67. The highest BCUT2D eigenvalue weighted by Crippen LogP contribution is 2.29. The maximum absolute atomic E-state index is 11.6. The molecular weight excluding hydrogens is 368 g/mol. The Morgan fingerprint density at radius 1 is 1.19 bits per heavy atom. The Morgan fingerprint density at radius 3 is 2.35 bits per heavy atom. The molecule has 0 aliphatic heterocycles. The molecule has 8 nitrogen and oxygen atoms in total. The van der Waals surface area contributed by atoms with Crippen molar-refractivity contribution in [3.8, 4) is 5.75 Å². The van der Waals surface area contributed by atoms with Crippen LogP contribution in [0.15, 0.2) is 24.3 Å². The summed E-state index contributed by atoms with van der Waals surface area (Å²) in [6.45, 7) is 4.47. The topological polar surface area (TPSA) is 130 Å². The van der Waals surface area contributed by atoms with Gasteiger partial charge in [-0.15, -0.1) is 11.6 Å². The molecule has 9 heteroatoms. The van der Waals surface area contributed by atoms with Gasteiger partial charge in [0.05, 0.1) is 11.7 Å². The Bertz CT molecular complexity index is 713. The summed E-state index contributed by atoms with van der Waals surface area (Å²) in [5.74, 6) is -3.89. The van der Waals surface area contributed by atoms with Crippen LogP contribution < -0.4 is 4.74 Å². The fraction of sp³-hybridized carbons (Fsp3) is 0.353. The molecule has 142 valence electrons. The SMILES string of the molecule is C=C(C)C(=O)OCCOc1c(CC(O)CCl)ccc(C(=O)O)c1C(=O)O. The molecule has 0 saturated carbocycles. The number of carboxylic acids is 2. The van der Waals surface area contributed by atoms with Gasteiger partial charge >= 0.3 is 17.9 Å². The second kappa shape index (κ2) is 9.79. The number of aromatic carboxylic acids is 2. The number of carbonyl (C=O) groups excluding carboxylic acids is 1. The smallest absolute Gasteiger partial charge is 0.340 e. The van der Waals surface area contributed by atoms with E-state index in [4.69, 9.17) is 21.1 Å². The molecule has 3 N–H and O–H groups in total. The van der Waals surface area contributed by atoms with Crippen LogP contribution >= 0.6 is 11.6 Å². The molecule has 0 aromatic heterocycles. The largest absolute Gasteiger partial charge is 0.489 e. The Labute approximate surface area is 154 Å². The summed E-state index contributed by atoms with van der Waals surface area (Å²) < 4.78 is 10.2. The summed E-state index contributed by atoms with van der Waals surface area (Å²) in [5.41, 5.74) is -0.555. The van der Waals surface area contributed by atoms with Crippen LogP contribution in [0.5, 0.6) is 5.75 Å². The van der Waals surface area contributed by atoms with Crippen molar-refractivity contribution < 1.29 is 39.2 Å². The van der Waals surface area contributed by atoms with Gasteiger partial charge in [0.2, 0.25) is 0 Å². The van der Waals surface area contributed by atoms with Crippen LogP contribution in [0.3, 0.4) is 0 Å².